The zero-order valence-corrected chi connectivity index (χ0v) is 14.4. The molecule has 3 rings (SSSR count). The lowest BCUT2D eigenvalue weighted by atomic mass is 10.0. The molecule has 0 amide bonds. The molecule has 1 heterocycles. The predicted octanol–water partition coefficient (Wildman–Crippen LogP) is 3.68. The van der Waals surface area contributed by atoms with Crippen LogP contribution in [-0.2, 0) is 6.42 Å². The largest absolute Gasteiger partial charge is 0.493 e. The number of anilines is 1. The van der Waals surface area contributed by atoms with Gasteiger partial charge >= 0.3 is 0 Å². The molecule has 0 bridgehead atoms. The van der Waals surface area contributed by atoms with Gasteiger partial charge in [0.1, 0.15) is 5.75 Å². The van der Waals surface area contributed by atoms with Gasteiger partial charge in [-0.2, -0.15) is 0 Å². The Bertz CT molecular complexity index is 675. The third-order valence-electron chi connectivity index (χ3n) is 3.81. The van der Waals surface area contributed by atoms with Gasteiger partial charge in [0.15, 0.2) is 5.96 Å². The van der Waals surface area contributed by atoms with Gasteiger partial charge in [0, 0.05) is 12.2 Å². The van der Waals surface area contributed by atoms with Crippen molar-refractivity contribution in [3.8, 4) is 5.75 Å². The molecule has 4 heteroatoms. The zero-order chi connectivity index (χ0) is 16.8. The van der Waals surface area contributed by atoms with Crippen LogP contribution >= 0.6 is 0 Å². The summed E-state index contributed by atoms with van der Waals surface area (Å²) in [4.78, 5) is 4.34. The highest BCUT2D eigenvalue weighted by atomic mass is 16.5. The summed E-state index contributed by atoms with van der Waals surface area (Å²) in [5, 5.41) is 6.49. The second kappa shape index (κ2) is 7.86. The number of ether oxygens (including phenoxy) is 1. The molecule has 0 atom stereocenters. The van der Waals surface area contributed by atoms with Crippen LogP contribution in [0.3, 0.4) is 0 Å². The first-order valence-electron chi connectivity index (χ1n) is 8.55. The van der Waals surface area contributed by atoms with Gasteiger partial charge in [-0.05, 0) is 47.7 Å². The SMILES string of the molecule is CC(C)COc1ccc(Cc2ccc(NC3=NCCN3)cc2)cc1. The van der Waals surface area contributed by atoms with Gasteiger partial charge in [0.05, 0.1) is 13.2 Å². The van der Waals surface area contributed by atoms with Crippen molar-refractivity contribution < 1.29 is 4.74 Å². The normalized spacial score (nSPS) is 13.5. The molecule has 126 valence electrons. The van der Waals surface area contributed by atoms with Crippen LogP contribution in [0.2, 0.25) is 0 Å². The molecule has 24 heavy (non-hydrogen) atoms. The minimum atomic E-state index is 0.544. The Morgan fingerprint density at radius 1 is 1.04 bits per heavy atom. The fourth-order valence-electron chi connectivity index (χ4n) is 2.53. The molecule has 0 fully saturated rings. The molecule has 0 saturated heterocycles. The van der Waals surface area contributed by atoms with Crippen molar-refractivity contribution in [1.29, 1.82) is 0 Å². The topological polar surface area (TPSA) is 45.6 Å². The fourth-order valence-corrected chi connectivity index (χ4v) is 2.53. The van der Waals surface area contributed by atoms with Crippen molar-refractivity contribution in [1.82, 2.24) is 5.32 Å². The van der Waals surface area contributed by atoms with Crippen LogP contribution < -0.4 is 15.4 Å². The van der Waals surface area contributed by atoms with Crippen molar-refractivity contribution >= 4 is 11.6 Å². The fraction of sp³-hybridized carbons (Fsp3) is 0.350. The van der Waals surface area contributed by atoms with E-state index < -0.39 is 0 Å². The van der Waals surface area contributed by atoms with E-state index in [4.69, 9.17) is 4.74 Å². The molecule has 0 spiro atoms. The summed E-state index contributed by atoms with van der Waals surface area (Å²) in [6.45, 7) is 6.83. The van der Waals surface area contributed by atoms with E-state index in [0.29, 0.717) is 5.92 Å². The van der Waals surface area contributed by atoms with E-state index in [9.17, 15) is 0 Å². The highest BCUT2D eigenvalue weighted by molar-refractivity contribution is 5.94. The lowest BCUT2D eigenvalue weighted by Gasteiger charge is -2.10. The quantitative estimate of drug-likeness (QED) is 0.852. The third-order valence-corrected chi connectivity index (χ3v) is 3.81. The van der Waals surface area contributed by atoms with Crippen molar-refractivity contribution in [2.75, 3.05) is 25.0 Å². The number of rotatable bonds is 6. The van der Waals surface area contributed by atoms with E-state index in [2.05, 4.69) is 78.0 Å². The zero-order valence-electron chi connectivity index (χ0n) is 14.4. The van der Waals surface area contributed by atoms with Crippen LogP contribution in [0.5, 0.6) is 5.75 Å². The van der Waals surface area contributed by atoms with Crippen molar-refractivity contribution in [3.63, 3.8) is 0 Å². The maximum absolute atomic E-state index is 5.73. The lowest BCUT2D eigenvalue weighted by Crippen LogP contribution is -2.26. The number of hydrogen-bond donors (Lipinski definition) is 2. The van der Waals surface area contributed by atoms with Crippen LogP contribution in [0, 0.1) is 5.92 Å². The summed E-state index contributed by atoms with van der Waals surface area (Å²) in [7, 11) is 0. The van der Waals surface area contributed by atoms with Gasteiger partial charge in [-0.1, -0.05) is 38.1 Å². The van der Waals surface area contributed by atoms with Gasteiger partial charge in [0.25, 0.3) is 0 Å². The summed E-state index contributed by atoms with van der Waals surface area (Å²) in [6.07, 6.45) is 0.921. The van der Waals surface area contributed by atoms with Gasteiger partial charge in [-0.3, -0.25) is 4.99 Å². The van der Waals surface area contributed by atoms with Crippen LogP contribution in [0.1, 0.15) is 25.0 Å². The monoisotopic (exact) mass is 323 g/mol. The van der Waals surface area contributed by atoms with Crippen LogP contribution in [0.25, 0.3) is 0 Å². The van der Waals surface area contributed by atoms with Crippen molar-refractivity contribution in [2.24, 2.45) is 10.9 Å². The molecular weight excluding hydrogens is 298 g/mol. The second-order valence-electron chi connectivity index (χ2n) is 6.50. The number of nitrogens with one attached hydrogen (secondary N) is 2. The van der Waals surface area contributed by atoms with Gasteiger partial charge in [-0.25, -0.2) is 0 Å². The average Bonchev–Trinajstić information content (AvgIpc) is 3.09. The molecule has 1 aliphatic heterocycles. The Hall–Kier alpha value is -2.49. The molecule has 0 aromatic heterocycles. The Morgan fingerprint density at radius 3 is 2.29 bits per heavy atom. The smallest absolute Gasteiger partial charge is 0.195 e. The average molecular weight is 323 g/mol. The van der Waals surface area contributed by atoms with Gasteiger partial charge in [0.2, 0.25) is 0 Å². The predicted molar refractivity (Wildman–Crippen MR) is 100.0 cm³/mol. The molecule has 0 aliphatic carbocycles. The number of aliphatic imine (C=N–C) groups is 1. The van der Waals surface area contributed by atoms with Gasteiger partial charge in [-0.15, -0.1) is 0 Å². The van der Waals surface area contributed by atoms with Crippen molar-refractivity contribution in [3.05, 3.63) is 59.7 Å². The molecule has 1 aliphatic rings. The van der Waals surface area contributed by atoms with E-state index in [1.165, 1.54) is 11.1 Å². The Morgan fingerprint density at radius 2 is 1.71 bits per heavy atom. The standard InChI is InChI=1S/C20H25N3O/c1-15(2)14-24-19-9-5-17(6-10-19)13-16-3-7-18(8-4-16)23-20-21-11-12-22-20/h3-10,15H,11-14H2,1-2H3,(H2,21,22,23). The number of hydrogen-bond acceptors (Lipinski definition) is 4. The summed E-state index contributed by atoms with van der Waals surface area (Å²) < 4.78 is 5.73. The molecule has 0 radical (unpaired) electrons. The van der Waals surface area contributed by atoms with Crippen LogP contribution in [0.15, 0.2) is 53.5 Å². The molecule has 2 N–H and O–H groups in total. The Balaban J connectivity index is 1.55. The highest BCUT2D eigenvalue weighted by Crippen LogP contribution is 2.17. The number of benzene rings is 2. The summed E-state index contributed by atoms with van der Waals surface area (Å²) in [6, 6.07) is 16.9. The van der Waals surface area contributed by atoms with E-state index >= 15 is 0 Å². The maximum atomic E-state index is 5.73. The number of guanidine groups is 1. The van der Waals surface area contributed by atoms with Gasteiger partial charge < -0.3 is 15.4 Å². The molecule has 4 nitrogen and oxygen atoms in total. The minimum absolute atomic E-state index is 0.544. The highest BCUT2D eigenvalue weighted by Gasteiger charge is 2.05. The van der Waals surface area contributed by atoms with Crippen LogP contribution in [0.4, 0.5) is 5.69 Å². The molecule has 2 aromatic carbocycles. The minimum Gasteiger partial charge on any atom is -0.493 e. The first-order valence-corrected chi connectivity index (χ1v) is 8.55. The maximum Gasteiger partial charge on any atom is 0.195 e. The molecule has 0 unspecified atom stereocenters. The van der Waals surface area contributed by atoms with E-state index in [1.807, 2.05) is 0 Å². The lowest BCUT2D eigenvalue weighted by molar-refractivity contribution is 0.271. The summed E-state index contributed by atoms with van der Waals surface area (Å²) in [5.74, 6) is 2.35. The third kappa shape index (κ3) is 4.75. The molecule has 2 aromatic rings. The summed E-state index contributed by atoms with van der Waals surface area (Å²) >= 11 is 0. The number of nitrogens with zero attached hydrogens (tertiary/aromatic N) is 1. The van der Waals surface area contributed by atoms with E-state index in [1.54, 1.807) is 0 Å². The first kappa shape index (κ1) is 16.4. The first-order chi connectivity index (χ1) is 11.7. The van der Waals surface area contributed by atoms with E-state index in [-0.39, 0.29) is 0 Å². The Labute approximate surface area is 144 Å². The summed E-state index contributed by atoms with van der Waals surface area (Å²) in [5.41, 5.74) is 3.64. The second-order valence-corrected chi connectivity index (χ2v) is 6.50. The Kier molecular flexibility index (Phi) is 5.36. The van der Waals surface area contributed by atoms with Crippen LogP contribution in [-0.4, -0.2) is 25.7 Å². The van der Waals surface area contributed by atoms with Crippen molar-refractivity contribution in [2.45, 2.75) is 20.3 Å². The molecule has 0 saturated carbocycles. The molecular formula is C20H25N3O. The van der Waals surface area contributed by atoms with E-state index in [0.717, 1.165) is 43.5 Å².